The maximum atomic E-state index is 11.0. The van der Waals surface area contributed by atoms with Crippen LogP contribution in [0.5, 0.6) is 11.5 Å². The average Bonchev–Trinajstić information content (AvgIpc) is 2.54. The summed E-state index contributed by atoms with van der Waals surface area (Å²) in [4.78, 5) is 21.7. The van der Waals surface area contributed by atoms with Crippen molar-refractivity contribution < 1.29 is 29.3 Å². The van der Waals surface area contributed by atoms with Crippen molar-refractivity contribution in [3.63, 3.8) is 0 Å². The molecule has 2 rings (SSSR count). The second-order valence-electron chi connectivity index (χ2n) is 4.78. The number of halogens is 1. The molecule has 0 spiro atoms. The zero-order chi connectivity index (χ0) is 17.7. The number of rotatable bonds is 7. The van der Waals surface area contributed by atoms with Gasteiger partial charge in [0.25, 0.3) is 0 Å². The van der Waals surface area contributed by atoms with Gasteiger partial charge in [-0.3, -0.25) is 0 Å². The summed E-state index contributed by atoms with van der Waals surface area (Å²) in [6, 6.07) is 8.45. The Bertz CT molecular complexity index is 754. The van der Waals surface area contributed by atoms with Crippen molar-refractivity contribution in [1.29, 1.82) is 0 Å². The van der Waals surface area contributed by atoms with Gasteiger partial charge in [0.15, 0.2) is 11.5 Å². The normalized spacial score (nSPS) is 10.2. The maximum Gasteiger partial charge on any atom is 0.180 e. The molecule has 0 atom stereocenters. The summed E-state index contributed by atoms with van der Waals surface area (Å²) in [5, 5.41) is 21.8. The lowest BCUT2D eigenvalue weighted by atomic mass is 10.1. The van der Waals surface area contributed by atoms with E-state index in [9.17, 15) is 19.8 Å². The van der Waals surface area contributed by atoms with Crippen LogP contribution in [0.1, 0.15) is 33.2 Å². The first-order valence-electron chi connectivity index (χ1n) is 7.03. The Morgan fingerprint density at radius 1 is 1.00 bits per heavy atom. The Morgan fingerprint density at radius 3 is 2.17 bits per heavy atom. The Hall–Kier alpha value is -2.73. The highest BCUT2D eigenvalue weighted by atomic mass is 35.5. The molecule has 0 aliphatic heterocycles. The number of carboxylic acids is 2. The first kappa shape index (κ1) is 17.6. The minimum atomic E-state index is -1.37. The molecule has 0 radical (unpaired) electrons. The number of benzene rings is 2. The summed E-state index contributed by atoms with van der Waals surface area (Å²) >= 11 is 6.07. The molecule has 0 N–H and O–H groups in total. The Balaban J connectivity index is 2.21. The van der Waals surface area contributed by atoms with Gasteiger partial charge in [0, 0.05) is 5.56 Å². The van der Waals surface area contributed by atoms with Crippen LogP contribution in [0.15, 0.2) is 36.4 Å². The molecule has 0 heterocycles. The number of ether oxygens (including phenoxy) is 2. The highest BCUT2D eigenvalue weighted by Crippen LogP contribution is 2.37. The molecule has 2 aromatic carbocycles. The van der Waals surface area contributed by atoms with Gasteiger partial charge in [-0.15, -0.1) is 0 Å². The highest BCUT2D eigenvalue weighted by molar-refractivity contribution is 6.32. The van der Waals surface area contributed by atoms with E-state index in [0.29, 0.717) is 12.2 Å². The predicted octanol–water partition coefficient (Wildman–Crippen LogP) is 1.04. The van der Waals surface area contributed by atoms with E-state index in [-0.39, 0.29) is 34.3 Å². The van der Waals surface area contributed by atoms with Crippen molar-refractivity contribution in [3.05, 3.63) is 58.1 Å². The monoisotopic (exact) mass is 348 g/mol. The van der Waals surface area contributed by atoms with Gasteiger partial charge in [0.1, 0.15) is 6.61 Å². The lowest BCUT2D eigenvalue weighted by Crippen LogP contribution is -2.22. The molecule has 0 aliphatic carbocycles. The zero-order valence-corrected chi connectivity index (χ0v) is 13.5. The van der Waals surface area contributed by atoms with Gasteiger partial charge >= 0.3 is 0 Å². The van der Waals surface area contributed by atoms with Crippen LogP contribution < -0.4 is 19.7 Å². The second kappa shape index (κ2) is 7.70. The summed E-state index contributed by atoms with van der Waals surface area (Å²) in [5.41, 5.74) is 0.640. The lowest BCUT2D eigenvalue weighted by molar-refractivity contribution is -0.256. The minimum absolute atomic E-state index is 0.0603. The first-order chi connectivity index (χ1) is 11.4. The number of hydrogen-bond donors (Lipinski definition) is 0. The van der Waals surface area contributed by atoms with Gasteiger partial charge in [-0.1, -0.05) is 35.9 Å². The van der Waals surface area contributed by atoms with E-state index in [1.54, 1.807) is 19.1 Å². The minimum Gasteiger partial charge on any atom is -0.545 e. The number of carboxylic acid groups (broad SMARTS) is 2. The van der Waals surface area contributed by atoms with Crippen molar-refractivity contribution >= 4 is 23.5 Å². The molecule has 24 heavy (non-hydrogen) atoms. The predicted molar refractivity (Wildman–Crippen MR) is 82.1 cm³/mol. The number of carbonyl (C=O) groups is 2. The summed E-state index contributed by atoms with van der Waals surface area (Å²) in [6.45, 7) is 2.13. The van der Waals surface area contributed by atoms with Crippen LogP contribution in [0.4, 0.5) is 0 Å². The molecule has 0 saturated heterocycles. The Labute approximate surface area is 143 Å². The molecule has 6 nitrogen and oxygen atoms in total. The van der Waals surface area contributed by atoms with E-state index in [1.165, 1.54) is 24.3 Å². The SMILES string of the molecule is CCOc1cc(C(=O)[O-])cc(Cl)c1OCc1ccc(C(=O)[O-])cc1. The molecule has 0 saturated carbocycles. The van der Waals surface area contributed by atoms with E-state index in [0.717, 1.165) is 0 Å². The van der Waals surface area contributed by atoms with Crippen LogP contribution in [-0.4, -0.2) is 18.5 Å². The molecule has 2 aromatic rings. The van der Waals surface area contributed by atoms with Gasteiger partial charge in [-0.05, 0) is 30.2 Å². The standard InChI is InChI=1S/C17H15ClO6/c1-2-23-14-8-12(17(21)22)7-13(18)15(14)24-9-10-3-5-11(6-4-10)16(19)20/h3-8H,2,9H2,1H3,(H,19,20)(H,21,22)/p-2. The molecule has 7 heteroatoms. The van der Waals surface area contributed by atoms with Gasteiger partial charge in [0.2, 0.25) is 0 Å². The van der Waals surface area contributed by atoms with E-state index in [4.69, 9.17) is 21.1 Å². The largest absolute Gasteiger partial charge is 0.545 e. The van der Waals surface area contributed by atoms with E-state index >= 15 is 0 Å². The zero-order valence-electron chi connectivity index (χ0n) is 12.7. The second-order valence-corrected chi connectivity index (χ2v) is 5.19. The molecule has 0 amide bonds. The number of aromatic carboxylic acids is 2. The molecule has 126 valence electrons. The average molecular weight is 349 g/mol. The van der Waals surface area contributed by atoms with Gasteiger partial charge in [-0.25, -0.2) is 0 Å². The number of hydrogen-bond acceptors (Lipinski definition) is 6. The van der Waals surface area contributed by atoms with E-state index < -0.39 is 11.9 Å². The van der Waals surface area contributed by atoms with Crippen LogP contribution in [0.25, 0.3) is 0 Å². The van der Waals surface area contributed by atoms with Crippen LogP contribution in [0, 0.1) is 0 Å². The molecular weight excluding hydrogens is 336 g/mol. The number of carbonyl (C=O) groups excluding carboxylic acids is 2. The summed E-state index contributed by atoms with van der Waals surface area (Å²) in [6.07, 6.45) is 0. The van der Waals surface area contributed by atoms with Crippen molar-refractivity contribution in [2.75, 3.05) is 6.61 Å². The fourth-order valence-corrected chi connectivity index (χ4v) is 2.25. The van der Waals surface area contributed by atoms with Gasteiger partial charge in [0.05, 0.1) is 23.6 Å². The Morgan fingerprint density at radius 2 is 1.62 bits per heavy atom. The van der Waals surface area contributed by atoms with Crippen molar-refractivity contribution in [2.24, 2.45) is 0 Å². The fraction of sp³-hybridized carbons (Fsp3) is 0.176. The summed E-state index contributed by atoms with van der Waals surface area (Å²) < 4.78 is 11.0. The molecule has 0 aliphatic rings. The third-order valence-corrected chi connectivity index (χ3v) is 3.40. The molecular formula is C17H13ClO6-2. The Kier molecular flexibility index (Phi) is 5.65. The van der Waals surface area contributed by atoms with Crippen LogP contribution in [0.3, 0.4) is 0 Å². The fourth-order valence-electron chi connectivity index (χ4n) is 1.98. The quantitative estimate of drug-likeness (QED) is 0.741. The highest BCUT2D eigenvalue weighted by Gasteiger charge is 2.13. The van der Waals surface area contributed by atoms with E-state index in [1.807, 2.05) is 0 Å². The third kappa shape index (κ3) is 4.17. The van der Waals surface area contributed by atoms with Crippen LogP contribution in [-0.2, 0) is 6.61 Å². The molecule has 0 aromatic heterocycles. The van der Waals surface area contributed by atoms with Crippen molar-refractivity contribution in [2.45, 2.75) is 13.5 Å². The van der Waals surface area contributed by atoms with Gasteiger partial charge in [-0.2, -0.15) is 0 Å². The summed E-state index contributed by atoms with van der Waals surface area (Å²) in [5.74, 6) is -2.24. The van der Waals surface area contributed by atoms with Crippen molar-refractivity contribution in [3.8, 4) is 11.5 Å². The molecule has 0 fully saturated rings. The van der Waals surface area contributed by atoms with Gasteiger partial charge < -0.3 is 29.3 Å². The van der Waals surface area contributed by atoms with Crippen molar-refractivity contribution in [1.82, 2.24) is 0 Å². The topological polar surface area (TPSA) is 98.7 Å². The molecule has 0 bridgehead atoms. The van der Waals surface area contributed by atoms with E-state index in [2.05, 4.69) is 0 Å². The summed E-state index contributed by atoms with van der Waals surface area (Å²) in [7, 11) is 0. The molecule has 0 unspecified atom stereocenters. The lowest BCUT2D eigenvalue weighted by Gasteiger charge is -2.16. The van der Waals surface area contributed by atoms with Crippen LogP contribution in [0.2, 0.25) is 5.02 Å². The first-order valence-corrected chi connectivity index (χ1v) is 7.41. The maximum absolute atomic E-state index is 11.0. The third-order valence-electron chi connectivity index (χ3n) is 3.12. The smallest absolute Gasteiger partial charge is 0.180 e. The van der Waals surface area contributed by atoms with Crippen LogP contribution >= 0.6 is 11.6 Å².